The molecule has 0 saturated heterocycles. The van der Waals surface area contributed by atoms with Gasteiger partial charge >= 0.3 is 0 Å². The monoisotopic (exact) mass is 281 g/mol. The fourth-order valence-electron chi connectivity index (χ4n) is 1.74. The van der Waals surface area contributed by atoms with Crippen LogP contribution in [0.1, 0.15) is 31.5 Å². The van der Waals surface area contributed by atoms with Gasteiger partial charge in [0.15, 0.2) is 0 Å². The molecule has 1 amide bonds. The lowest BCUT2D eigenvalue weighted by molar-refractivity contribution is -0.121. The van der Waals surface area contributed by atoms with Crippen LogP contribution in [0.3, 0.4) is 0 Å². The van der Waals surface area contributed by atoms with Crippen molar-refractivity contribution in [1.29, 1.82) is 0 Å². The summed E-state index contributed by atoms with van der Waals surface area (Å²) in [5, 5.41) is 2.78. The van der Waals surface area contributed by atoms with Crippen LogP contribution in [0.4, 0.5) is 0 Å². The molecule has 0 aliphatic carbocycles. The molecule has 6 heteroatoms. The Morgan fingerprint density at radius 2 is 2.11 bits per heavy atom. The number of nitrogens with one attached hydrogen (secondary N) is 1. The number of aryl methyl sites for hydroxylation is 1. The van der Waals surface area contributed by atoms with Gasteiger partial charge in [0.1, 0.15) is 4.99 Å². The van der Waals surface area contributed by atoms with Gasteiger partial charge in [0.2, 0.25) is 5.91 Å². The molecule has 104 valence electrons. The number of amides is 1. The van der Waals surface area contributed by atoms with Crippen LogP contribution in [0, 0.1) is 6.92 Å². The van der Waals surface area contributed by atoms with E-state index < -0.39 is 0 Å². The third-order valence-corrected chi connectivity index (χ3v) is 2.89. The summed E-state index contributed by atoms with van der Waals surface area (Å²) in [5.74, 6) is -0.0815. The molecule has 3 N–H and O–H groups in total. The first-order chi connectivity index (χ1) is 8.82. The molecular weight excluding hydrogens is 262 g/mol. The second kappa shape index (κ2) is 6.47. The molecule has 0 radical (unpaired) electrons. The van der Waals surface area contributed by atoms with E-state index in [0.717, 1.165) is 5.69 Å². The maximum Gasteiger partial charge on any atom is 0.260 e. The summed E-state index contributed by atoms with van der Waals surface area (Å²) in [6.45, 7) is 5.91. The van der Waals surface area contributed by atoms with Crippen LogP contribution >= 0.6 is 12.2 Å². The topological polar surface area (TPSA) is 77.1 Å². The predicted molar refractivity (Wildman–Crippen MR) is 79.2 cm³/mol. The minimum absolute atomic E-state index is 0.0744. The van der Waals surface area contributed by atoms with Crippen LogP contribution in [-0.4, -0.2) is 21.5 Å². The molecule has 1 aromatic rings. The lowest BCUT2D eigenvalue weighted by Gasteiger charge is -2.12. The minimum atomic E-state index is -0.246. The van der Waals surface area contributed by atoms with Crippen molar-refractivity contribution in [1.82, 2.24) is 9.88 Å². The zero-order chi connectivity index (χ0) is 14.6. The lowest BCUT2D eigenvalue weighted by Crippen LogP contribution is -2.34. The zero-order valence-corrected chi connectivity index (χ0v) is 12.2. The summed E-state index contributed by atoms with van der Waals surface area (Å²) < 4.78 is 1.52. The Bertz CT molecular complexity index is 549. The molecule has 0 saturated carbocycles. The van der Waals surface area contributed by atoms with Crippen molar-refractivity contribution >= 4 is 23.1 Å². The van der Waals surface area contributed by atoms with E-state index in [1.54, 1.807) is 12.1 Å². The fraction of sp³-hybridized carbons (Fsp3) is 0.462. The highest BCUT2D eigenvalue weighted by Gasteiger charge is 2.10. The van der Waals surface area contributed by atoms with Crippen molar-refractivity contribution in [2.24, 2.45) is 5.73 Å². The molecule has 19 heavy (non-hydrogen) atoms. The van der Waals surface area contributed by atoms with E-state index in [0.29, 0.717) is 12.1 Å². The Kier molecular flexibility index (Phi) is 5.23. The van der Waals surface area contributed by atoms with Crippen molar-refractivity contribution in [2.45, 2.75) is 39.8 Å². The molecule has 0 atom stereocenters. The Hall–Kier alpha value is -1.69. The second-order valence-electron chi connectivity index (χ2n) is 4.68. The van der Waals surface area contributed by atoms with Crippen LogP contribution in [0.2, 0.25) is 0 Å². The van der Waals surface area contributed by atoms with E-state index in [9.17, 15) is 9.59 Å². The zero-order valence-electron chi connectivity index (χ0n) is 11.4. The van der Waals surface area contributed by atoms with Gasteiger partial charge in [-0.15, -0.1) is 0 Å². The molecule has 5 nitrogen and oxygen atoms in total. The number of nitrogens with zero attached hydrogens (tertiary/aromatic N) is 1. The van der Waals surface area contributed by atoms with E-state index >= 15 is 0 Å². The van der Waals surface area contributed by atoms with Crippen LogP contribution in [0.25, 0.3) is 0 Å². The molecule has 0 unspecified atom stereocenters. The number of thiocarbonyl (C=S) groups is 1. The highest BCUT2D eigenvalue weighted by Crippen LogP contribution is 2.00. The van der Waals surface area contributed by atoms with Crippen molar-refractivity contribution in [3.05, 3.63) is 33.7 Å². The first-order valence-electron chi connectivity index (χ1n) is 6.12. The molecule has 0 spiro atoms. The quantitative estimate of drug-likeness (QED) is 0.779. The predicted octanol–water partition coefficient (Wildman–Crippen LogP) is 0.706. The van der Waals surface area contributed by atoms with Gasteiger partial charge in [0, 0.05) is 24.7 Å². The third-order valence-electron chi connectivity index (χ3n) is 2.67. The fourth-order valence-corrected chi connectivity index (χ4v) is 1.90. The molecule has 0 fully saturated rings. The number of carbonyl (C=O) groups excluding carboxylic acids is 1. The third kappa shape index (κ3) is 4.17. The summed E-state index contributed by atoms with van der Waals surface area (Å²) in [7, 11) is 0. The highest BCUT2D eigenvalue weighted by molar-refractivity contribution is 7.80. The van der Waals surface area contributed by atoms with Crippen molar-refractivity contribution in [3.8, 4) is 0 Å². The number of rotatable bonds is 5. The number of hydrogen-bond donors (Lipinski definition) is 2. The van der Waals surface area contributed by atoms with Crippen molar-refractivity contribution < 1.29 is 4.79 Å². The van der Waals surface area contributed by atoms with E-state index in [1.807, 2.05) is 20.8 Å². The van der Waals surface area contributed by atoms with Gasteiger partial charge in [0.05, 0.1) is 5.56 Å². The smallest absolute Gasteiger partial charge is 0.260 e. The molecule has 0 aromatic carbocycles. The maximum absolute atomic E-state index is 12.1. The molecule has 0 aliphatic heterocycles. The second-order valence-corrected chi connectivity index (χ2v) is 5.12. The van der Waals surface area contributed by atoms with E-state index in [-0.39, 0.29) is 28.9 Å². The van der Waals surface area contributed by atoms with Gasteiger partial charge in [-0.25, -0.2) is 0 Å². The van der Waals surface area contributed by atoms with Crippen LogP contribution < -0.4 is 16.6 Å². The highest BCUT2D eigenvalue weighted by atomic mass is 32.1. The average Bonchev–Trinajstić information content (AvgIpc) is 2.27. The molecule has 0 aliphatic rings. The number of carbonyl (C=O) groups is 1. The van der Waals surface area contributed by atoms with Crippen LogP contribution in [-0.2, 0) is 11.3 Å². The molecule has 1 rings (SSSR count). The van der Waals surface area contributed by atoms with Gasteiger partial charge in [-0.05, 0) is 32.9 Å². The summed E-state index contributed by atoms with van der Waals surface area (Å²) >= 11 is 4.83. The van der Waals surface area contributed by atoms with E-state index in [2.05, 4.69) is 5.32 Å². The molecule has 1 heterocycles. The van der Waals surface area contributed by atoms with Gasteiger partial charge in [-0.1, -0.05) is 12.2 Å². The lowest BCUT2D eigenvalue weighted by atomic mass is 10.2. The van der Waals surface area contributed by atoms with Crippen molar-refractivity contribution in [2.75, 3.05) is 0 Å². The van der Waals surface area contributed by atoms with Gasteiger partial charge in [0.25, 0.3) is 5.56 Å². The van der Waals surface area contributed by atoms with Gasteiger partial charge in [-0.2, -0.15) is 0 Å². The SMILES string of the molecule is Cc1ccc(C(N)=S)c(=O)n1CCC(=O)NC(C)C. The maximum atomic E-state index is 12.1. The Labute approximate surface area is 117 Å². The summed E-state index contributed by atoms with van der Waals surface area (Å²) in [5.41, 5.74) is 6.34. The average molecular weight is 281 g/mol. The standard InChI is InChI=1S/C13H19N3O2S/c1-8(2)15-11(17)6-7-16-9(3)4-5-10(12(14)19)13(16)18/h4-5,8H,6-7H2,1-3H3,(H2,14,19)(H,15,17). The Morgan fingerprint density at radius 1 is 1.47 bits per heavy atom. The summed E-state index contributed by atoms with van der Waals surface area (Å²) in [4.78, 5) is 23.8. The van der Waals surface area contributed by atoms with Crippen LogP contribution in [0.5, 0.6) is 0 Å². The van der Waals surface area contributed by atoms with Gasteiger partial charge < -0.3 is 15.6 Å². The largest absolute Gasteiger partial charge is 0.389 e. The Morgan fingerprint density at radius 3 is 2.63 bits per heavy atom. The van der Waals surface area contributed by atoms with E-state index in [1.165, 1.54) is 4.57 Å². The molecular formula is C13H19N3O2S. The van der Waals surface area contributed by atoms with Gasteiger partial charge in [-0.3, -0.25) is 9.59 Å². The first-order valence-corrected chi connectivity index (χ1v) is 6.53. The number of pyridine rings is 1. The Balaban J connectivity index is 2.90. The number of hydrogen-bond acceptors (Lipinski definition) is 3. The van der Waals surface area contributed by atoms with Crippen LogP contribution in [0.15, 0.2) is 16.9 Å². The first kappa shape index (κ1) is 15.4. The summed E-state index contributed by atoms with van der Waals surface area (Å²) in [6, 6.07) is 3.48. The number of aromatic nitrogens is 1. The molecule has 0 bridgehead atoms. The normalized spacial score (nSPS) is 10.5. The van der Waals surface area contributed by atoms with E-state index in [4.69, 9.17) is 18.0 Å². The molecule has 1 aromatic heterocycles. The minimum Gasteiger partial charge on any atom is -0.389 e. The summed E-state index contributed by atoms with van der Waals surface area (Å²) in [6.07, 6.45) is 0.250. The van der Waals surface area contributed by atoms with Crippen molar-refractivity contribution in [3.63, 3.8) is 0 Å². The number of nitrogens with two attached hydrogens (primary N) is 1.